The molecule has 0 radical (unpaired) electrons. The van der Waals surface area contributed by atoms with Crippen molar-refractivity contribution in [1.82, 2.24) is 9.29 Å². The standard InChI is InChI=1S/C18H19BrClN3O4S/c1-27-15-4-2-13(19)10-16(15)28(25,26)23-8-6-12(7-9-23)18(24)22-17-5-3-14(20)11-21-17/h2-5,10-12H,6-9H2,1H3,(H,21,22,24). The van der Waals surface area contributed by atoms with Gasteiger partial charge in [0.25, 0.3) is 0 Å². The third-order valence-corrected chi connectivity index (χ3v) is 7.18. The summed E-state index contributed by atoms with van der Waals surface area (Å²) >= 11 is 9.09. The number of benzene rings is 1. The molecule has 2 heterocycles. The Balaban J connectivity index is 1.67. The molecule has 1 N–H and O–H groups in total. The van der Waals surface area contributed by atoms with Crippen LogP contribution >= 0.6 is 27.5 Å². The van der Waals surface area contributed by atoms with Crippen LogP contribution in [0.3, 0.4) is 0 Å². The van der Waals surface area contributed by atoms with Gasteiger partial charge in [0.05, 0.1) is 12.1 Å². The minimum absolute atomic E-state index is 0.109. The molecule has 1 aliphatic heterocycles. The lowest BCUT2D eigenvalue weighted by Gasteiger charge is -2.30. The maximum atomic E-state index is 13.0. The van der Waals surface area contributed by atoms with Gasteiger partial charge in [-0.25, -0.2) is 13.4 Å². The van der Waals surface area contributed by atoms with Crippen LogP contribution in [0.2, 0.25) is 5.02 Å². The van der Waals surface area contributed by atoms with E-state index in [-0.39, 0.29) is 35.6 Å². The van der Waals surface area contributed by atoms with Crippen molar-refractivity contribution >= 4 is 49.3 Å². The van der Waals surface area contributed by atoms with E-state index in [1.165, 1.54) is 23.7 Å². The molecule has 0 spiro atoms. The van der Waals surface area contributed by atoms with E-state index in [0.717, 1.165) is 0 Å². The minimum Gasteiger partial charge on any atom is -0.495 e. The number of aromatic nitrogens is 1. The smallest absolute Gasteiger partial charge is 0.246 e. The van der Waals surface area contributed by atoms with Crippen LogP contribution in [0.25, 0.3) is 0 Å². The van der Waals surface area contributed by atoms with E-state index in [2.05, 4.69) is 26.2 Å². The van der Waals surface area contributed by atoms with Crippen molar-refractivity contribution in [1.29, 1.82) is 0 Å². The van der Waals surface area contributed by atoms with E-state index >= 15 is 0 Å². The number of carbonyl (C=O) groups is 1. The van der Waals surface area contributed by atoms with Gasteiger partial charge in [0.1, 0.15) is 16.5 Å². The lowest BCUT2D eigenvalue weighted by atomic mass is 9.97. The highest BCUT2D eigenvalue weighted by atomic mass is 79.9. The number of ether oxygens (including phenoxy) is 1. The van der Waals surface area contributed by atoms with Gasteiger partial charge in [0.2, 0.25) is 15.9 Å². The number of halogens is 2. The van der Waals surface area contributed by atoms with Crippen LogP contribution in [0.15, 0.2) is 45.9 Å². The van der Waals surface area contributed by atoms with Crippen LogP contribution in [0.4, 0.5) is 5.82 Å². The number of sulfonamides is 1. The van der Waals surface area contributed by atoms with Crippen molar-refractivity contribution in [2.24, 2.45) is 5.92 Å². The van der Waals surface area contributed by atoms with Gasteiger partial charge in [0.15, 0.2) is 0 Å². The molecule has 0 atom stereocenters. The topological polar surface area (TPSA) is 88.6 Å². The molecule has 28 heavy (non-hydrogen) atoms. The van der Waals surface area contributed by atoms with Crippen molar-refractivity contribution in [2.75, 3.05) is 25.5 Å². The average Bonchev–Trinajstić information content (AvgIpc) is 2.69. The van der Waals surface area contributed by atoms with Crippen LogP contribution in [-0.2, 0) is 14.8 Å². The molecule has 1 aliphatic rings. The lowest BCUT2D eigenvalue weighted by Crippen LogP contribution is -2.41. The largest absolute Gasteiger partial charge is 0.495 e. The van der Waals surface area contributed by atoms with Gasteiger partial charge >= 0.3 is 0 Å². The molecule has 3 rings (SSSR count). The first-order valence-electron chi connectivity index (χ1n) is 8.57. The summed E-state index contributed by atoms with van der Waals surface area (Å²) in [7, 11) is -2.29. The van der Waals surface area contributed by atoms with Gasteiger partial charge in [-0.3, -0.25) is 4.79 Å². The predicted octanol–water partition coefficient (Wildman–Crippen LogP) is 3.55. The van der Waals surface area contributed by atoms with Crippen LogP contribution in [0.1, 0.15) is 12.8 Å². The molecule has 0 unspecified atom stereocenters. The highest BCUT2D eigenvalue weighted by molar-refractivity contribution is 9.10. The minimum atomic E-state index is -3.72. The number of hydrogen-bond donors (Lipinski definition) is 1. The normalized spacial score (nSPS) is 16.0. The van der Waals surface area contributed by atoms with Gasteiger partial charge in [0, 0.05) is 29.7 Å². The van der Waals surface area contributed by atoms with Crippen molar-refractivity contribution < 1.29 is 17.9 Å². The van der Waals surface area contributed by atoms with Gasteiger partial charge in [-0.2, -0.15) is 4.31 Å². The molecule has 10 heteroatoms. The molecule has 1 amide bonds. The molecular formula is C18H19BrClN3O4S. The number of anilines is 1. The Labute approximate surface area is 177 Å². The molecule has 1 aromatic carbocycles. The Kier molecular flexibility index (Phi) is 6.59. The summed E-state index contributed by atoms with van der Waals surface area (Å²) in [6, 6.07) is 8.12. The monoisotopic (exact) mass is 487 g/mol. The molecule has 0 aliphatic carbocycles. The summed E-state index contributed by atoms with van der Waals surface area (Å²) in [5.74, 6) is 0.250. The second-order valence-corrected chi connectivity index (χ2v) is 9.58. The molecular weight excluding hydrogens is 470 g/mol. The zero-order chi connectivity index (χ0) is 20.3. The van der Waals surface area contributed by atoms with Gasteiger partial charge in [-0.05, 0) is 43.2 Å². The number of nitrogens with one attached hydrogen (secondary N) is 1. The highest BCUT2D eigenvalue weighted by Gasteiger charge is 2.33. The number of nitrogens with zero attached hydrogens (tertiary/aromatic N) is 2. The predicted molar refractivity (Wildman–Crippen MR) is 110 cm³/mol. The van der Waals surface area contributed by atoms with Crippen molar-refractivity contribution in [3.05, 3.63) is 46.0 Å². The molecule has 1 fully saturated rings. The van der Waals surface area contributed by atoms with Crippen LogP contribution in [-0.4, -0.2) is 43.8 Å². The maximum Gasteiger partial charge on any atom is 0.246 e. The number of amides is 1. The number of pyridine rings is 1. The summed E-state index contributed by atoms with van der Waals surface area (Å²) in [4.78, 5) is 16.6. The highest BCUT2D eigenvalue weighted by Crippen LogP contribution is 2.32. The third-order valence-electron chi connectivity index (χ3n) is 4.55. The third kappa shape index (κ3) is 4.65. The van der Waals surface area contributed by atoms with E-state index in [1.807, 2.05) is 0 Å². The number of carbonyl (C=O) groups excluding carboxylic acids is 1. The Morgan fingerprint density at radius 1 is 1.29 bits per heavy atom. The first-order chi connectivity index (χ1) is 13.3. The number of hydrogen-bond acceptors (Lipinski definition) is 5. The second kappa shape index (κ2) is 8.77. The Hall–Kier alpha value is -1.68. The number of rotatable bonds is 5. The van der Waals surface area contributed by atoms with Crippen LogP contribution < -0.4 is 10.1 Å². The zero-order valence-corrected chi connectivity index (χ0v) is 18.2. The van der Waals surface area contributed by atoms with Crippen LogP contribution in [0.5, 0.6) is 5.75 Å². The molecule has 7 nitrogen and oxygen atoms in total. The molecule has 0 bridgehead atoms. The van der Waals surface area contributed by atoms with Crippen molar-refractivity contribution in [3.8, 4) is 5.75 Å². The second-order valence-electron chi connectivity index (χ2n) is 6.32. The van der Waals surface area contributed by atoms with Crippen LogP contribution in [0, 0.1) is 5.92 Å². The van der Waals surface area contributed by atoms with Crippen molar-refractivity contribution in [3.63, 3.8) is 0 Å². The number of methoxy groups -OCH3 is 1. The first kappa shape index (κ1) is 21.0. The van der Waals surface area contributed by atoms with E-state index in [1.54, 1.807) is 24.3 Å². The summed E-state index contributed by atoms with van der Waals surface area (Å²) in [5.41, 5.74) is 0. The fourth-order valence-electron chi connectivity index (χ4n) is 3.03. The maximum absolute atomic E-state index is 13.0. The fraction of sp³-hybridized carbons (Fsp3) is 0.333. The number of piperidine rings is 1. The fourth-order valence-corrected chi connectivity index (χ4v) is 5.30. The molecule has 0 saturated carbocycles. The Morgan fingerprint density at radius 2 is 2.00 bits per heavy atom. The van der Waals surface area contributed by atoms with E-state index in [9.17, 15) is 13.2 Å². The average molecular weight is 489 g/mol. The van der Waals surface area contributed by atoms with E-state index in [4.69, 9.17) is 16.3 Å². The van der Waals surface area contributed by atoms with Gasteiger partial charge < -0.3 is 10.1 Å². The Bertz CT molecular complexity index is 961. The lowest BCUT2D eigenvalue weighted by molar-refractivity contribution is -0.120. The zero-order valence-electron chi connectivity index (χ0n) is 15.1. The SMILES string of the molecule is COc1ccc(Br)cc1S(=O)(=O)N1CCC(C(=O)Nc2ccc(Cl)cn2)CC1. The van der Waals surface area contributed by atoms with E-state index < -0.39 is 10.0 Å². The summed E-state index contributed by atoms with van der Waals surface area (Å²) in [5, 5.41) is 3.23. The Morgan fingerprint density at radius 3 is 2.61 bits per heavy atom. The van der Waals surface area contributed by atoms with Gasteiger partial charge in [-0.1, -0.05) is 27.5 Å². The molecule has 1 saturated heterocycles. The summed E-state index contributed by atoms with van der Waals surface area (Å²) in [6.45, 7) is 0.508. The molecule has 1 aromatic heterocycles. The van der Waals surface area contributed by atoms with E-state index in [0.29, 0.717) is 28.2 Å². The summed E-state index contributed by atoms with van der Waals surface area (Å²) < 4.78 is 33.3. The quantitative estimate of drug-likeness (QED) is 0.695. The van der Waals surface area contributed by atoms with Gasteiger partial charge in [-0.15, -0.1) is 0 Å². The summed E-state index contributed by atoms with van der Waals surface area (Å²) in [6.07, 6.45) is 2.31. The van der Waals surface area contributed by atoms with Crippen molar-refractivity contribution in [2.45, 2.75) is 17.7 Å². The molecule has 150 valence electrons. The molecule has 2 aromatic rings. The first-order valence-corrected chi connectivity index (χ1v) is 11.2.